The molecule has 0 bridgehead atoms. The van der Waals surface area contributed by atoms with Crippen LogP contribution in [0.1, 0.15) is 6.92 Å². The summed E-state index contributed by atoms with van der Waals surface area (Å²) in [5.74, 6) is -2.32. The van der Waals surface area contributed by atoms with Crippen LogP contribution in [0.25, 0.3) is 0 Å². The summed E-state index contributed by atoms with van der Waals surface area (Å²) in [6.45, 7) is 0.469. The van der Waals surface area contributed by atoms with Gasteiger partial charge in [-0.25, -0.2) is 13.2 Å². The van der Waals surface area contributed by atoms with Crippen LogP contribution in [0, 0.1) is 0 Å². The van der Waals surface area contributed by atoms with Crippen LogP contribution < -0.4 is 5.32 Å². The second kappa shape index (κ2) is 6.51. The van der Waals surface area contributed by atoms with Gasteiger partial charge in [0.05, 0.1) is 11.4 Å². The number of nitrogens with one attached hydrogen (secondary N) is 1. The second-order valence-corrected chi connectivity index (χ2v) is 6.29. The number of aliphatic carboxylic acids is 1. The fourth-order valence-electron chi connectivity index (χ4n) is 1.23. The molecule has 114 valence electrons. The summed E-state index contributed by atoms with van der Waals surface area (Å²) in [5.41, 5.74) is -2.12. The number of benzene rings is 1. The standard InChI is InChI=1S/C13H15NO6S/c1-13(18,12(16)17)9-14-11(15)7-8-21(19,20)10-5-3-2-4-6-10/h2-8,18H,9H2,1H3,(H,14,15)(H,16,17). The molecule has 0 aliphatic heterocycles. The molecule has 0 aromatic heterocycles. The number of hydrogen-bond acceptors (Lipinski definition) is 5. The van der Waals surface area contributed by atoms with E-state index < -0.39 is 33.9 Å². The molecule has 1 rings (SSSR count). The molecule has 0 aliphatic rings. The highest BCUT2D eigenvalue weighted by molar-refractivity contribution is 7.94. The highest BCUT2D eigenvalue weighted by Gasteiger charge is 2.29. The van der Waals surface area contributed by atoms with Crippen molar-refractivity contribution in [1.29, 1.82) is 0 Å². The molecule has 0 fully saturated rings. The van der Waals surface area contributed by atoms with Crippen LogP contribution in [0.15, 0.2) is 46.7 Å². The van der Waals surface area contributed by atoms with Gasteiger partial charge in [0.1, 0.15) is 0 Å². The van der Waals surface area contributed by atoms with Gasteiger partial charge >= 0.3 is 5.97 Å². The van der Waals surface area contributed by atoms with Gasteiger partial charge in [-0.05, 0) is 19.1 Å². The number of carbonyl (C=O) groups excluding carboxylic acids is 1. The largest absolute Gasteiger partial charge is 0.479 e. The first-order valence-electron chi connectivity index (χ1n) is 5.87. The van der Waals surface area contributed by atoms with Crippen LogP contribution in [-0.2, 0) is 19.4 Å². The number of amides is 1. The Labute approximate surface area is 121 Å². The van der Waals surface area contributed by atoms with Crippen LogP contribution in [0.2, 0.25) is 0 Å². The second-order valence-electron chi connectivity index (χ2n) is 4.46. The highest BCUT2D eigenvalue weighted by Crippen LogP contribution is 2.10. The van der Waals surface area contributed by atoms with E-state index >= 15 is 0 Å². The maximum absolute atomic E-state index is 11.8. The quantitative estimate of drug-likeness (QED) is 0.632. The Morgan fingerprint density at radius 2 is 1.86 bits per heavy atom. The van der Waals surface area contributed by atoms with Crippen molar-refractivity contribution >= 4 is 21.7 Å². The smallest absolute Gasteiger partial charge is 0.337 e. The molecule has 1 unspecified atom stereocenters. The van der Waals surface area contributed by atoms with Gasteiger partial charge in [0.2, 0.25) is 5.91 Å². The molecule has 7 nitrogen and oxygen atoms in total. The summed E-state index contributed by atoms with van der Waals surface area (Å²) in [5, 5.41) is 20.9. The molecule has 0 aliphatic carbocycles. The molecule has 1 amide bonds. The summed E-state index contributed by atoms with van der Waals surface area (Å²) < 4.78 is 23.7. The van der Waals surface area contributed by atoms with Crippen LogP contribution in [0.3, 0.4) is 0 Å². The van der Waals surface area contributed by atoms with Crippen LogP contribution >= 0.6 is 0 Å². The highest BCUT2D eigenvalue weighted by atomic mass is 32.2. The number of hydrogen-bond donors (Lipinski definition) is 3. The van der Waals surface area contributed by atoms with Gasteiger partial charge in [0.25, 0.3) is 0 Å². The molecule has 1 atom stereocenters. The molecular formula is C13H15NO6S. The van der Waals surface area contributed by atoms with E-state index in [1.165, 1.54) is 12.1 Å². The summed E-state index contributed by atoms with van der Waals surface area (Å²) in [7, 11) is -3.75. The minimum atomic E-state index is -3.75. The van der Waals surface area contributed by atoms with Crippen LogP contribution in [0.4, 0.5) is 0 Å². The van der Waals surface area contributed by atoms with Crippen molar-refractivity contribution in [3.63, 3.8) is 0 Å². The van der Waals surface area contributed by atoms with Crippen molar-refractivity contribution in [3.05, 3.63) is 41.8 Å². The average Bonchev–Trinajstić information content (AvgIpc) is 2.44. The summed E-state index contributed by atoms with van der Waals surface area (Å²) in [6, 6.07) is 7.51. The zero-order chi connectivity index (χ0) is 16.1. The van der Waals surface area contributed by atoms with Crippen molar-refractivity contribution in [3.8, 4) is 0 Å². The molecule has 0 radical (unpaired) electrons. The molecule has 3 N–H and O–H groups in total. The van der Waals surface area contributed by atoms with E-state index in [1.807, 2.05) is 0 Å². The first-order valence-corrected chi connectivity index (χ1v) is 7.41. The van der Waals surface area contributed by atoms with E-state index in [2.05, 4.69) is 5.32 Å². The molecule has 0 heterocycles. The van der Waals surface area contributed by atoms with Crippen molar-refractivity contribution < 1.29 is 28.2 Å². The predicted octanol–water partition coefficient (Wildman–Crippen LogP) is -0.0742. The molecule has 1 aromatic carbocycles. The van der Waals surface area contributed by atoms with Crippen LogP contribution in [0.5, 0.6) is 0 Å². The average molecular weight is 313 g/mol. The van der Waals surface area contributed by atoms with Crippen molar-refractivity contribution in [2.75, 3.05) is 6.54 Å². The third-order valence-electron chi connectivity index (χ3n) is 2.54. The van der Waals surface area contributed by atoms with Crippen LogP contribution in [-0.4, -0.2) is 42.7 Å². The Balaban J connectivity index is 2.69. The number of rotatable bonds is 6. The summed E-state index contributed by atoms with van der Waals surface area (Å²) in [4.78, 5) is 22.1. The Morgan fingerprint density at radius 3 is 2.38 bits per heavy atom. The van der Waals surface area contributed by atoms with E-state index in [0.29, 0.717) is 5.41 Å². The van der Waals surface area contributed by atoms with Crippen molar-refractivity contribution in [1.82, 2.24) is 5.32 Å². The lowest BCUT2D eigenvalue weighted by molar-refractivity contribution is -0.156. The molecule has 21 heavy (non-hydrogen) atoms. The lowest BCUT2D eigenvalue weighted by Crippen LogP contribution is -2.46. The summed E-state index contributed by atoms with van der Waals surface area (Å²) >= 11 is 0. The van der Waals surface area contributed by atoms with Gasteiger partial charge < -0.3 is 15.5 Å². The minimum Gasteiger partial charge on any atom is -0.479 e. The Morgan fingerprint density at radius 1 is 1.29 bits per heavy atom. The molecule has 1 aromatic rings. The van der Waals surface area contributed by atoms with E-state index in [4.69, 9.17) is 5.11 Å². The molecule has 8 heteroatoms. The number of aliphatic hydroxyl groups is 1. The zero-order valence-corrected chi connectivity index (χ0v) is 12.0. The first-order chi connectivity index (χ1) is 9.65. The SMILES string of the molecule is CC(O)(CNC(=O)C=CS(=O)(=O)c1ccccc1)C(=O)O. The molecule has 0 spiro atoms. The first kappa shape index (κ1) is 16.9. The zero-order valence-electron chi connectivity index (χ0n) is 11.2. The number of carbonyl (C=O) groups is 2. The Hall–Kier alpha value is -2.19. The van der Waals surface area contributed by atoms with E-state index in [0.717, 1.165) is 13.0 Å². The van der Waals surface area contributed by atoms with Gasteiger partial charge in [-0.3, -0.25) is 4.79 Å². The van der Waals surface area contributed by atoms with E-state index in [1.54, 1.807) is 18.2 Å². The number of sulfone groups is 1. The molecular weight excluding hydrogens is 298 g/mol. The molecule has 0 saturated heterocycles. The number of carboxylic acid groups (broad SMARTS) is 1. The van der Waals surface area contributed by atoms with Gasteiger partial charge in [-0.1, -0.05) is 18.2 Å². The van der Waals surface area contributed by atoms with E-state index in [-0.39, 0.29) is 4.90 Å². The molecule has 0 saturated carbocycles. The maximum atomic E-state index is 11.8. The normalized spacial score (nSPS) is 14.6. The number of carboxylic acids is 1. The van der Waals surface area contributed by atoms with Gasteiger partial charge in [-0.15, -0.1) is 0 Å². The van der Waals surface area contributed by atoms with Gasteiger partial charge in [0, 0.05) is 11.5 Å². The van der Waals surface area contributed by atoms with Gasteiger partial charge in [0.15, 0.2) is 15.4 Å². The lowest BCUT2D eigenvalue weighted by atomic mass is 10.1. The predicted molar refractivity (Wildman–Crippen MR) is 74.0 cm³/mol. The topological polar surface area (TPSA) is 121 Å². The minimum absolute atomic E-state index is 0.0339. The Bertz CT molecular complexity index is 648. The van der Waals surface area contributed by atoms with Gasteiger partial charge in [-0.2, -0.15) is 0 Å². The van der Waals surface area contributed by atoms with E-state index in [9.17, 15) is 23.1 Å². The van der Waals surface area contributed by atoms with Crippen molar-refractivity contribution in [2.45, 2.75) is 17.4 Å². The monoisotopic (exact) mass is 313 g/mol. The third-order valence-corrected chi connectivity index (χ3v) is 3.96. The fraction of sp³-hybridized carbons (Fsp3) is 0.231. The lowest BCUT2D eigenvalue weighted by Gasteiger charge is -2.17. The third kappa shape index (κ3) is 5.01. The van der Waals surface area contributed by atoms with Crippen molar-refractivity contribution in [2.24, 2.45) is 0 Å². The fourth-order valence-corrected chi connectivity index (χ4v) is 2.23. The summed E-state index contributed by atoms with van der Waals surface area (Å²) in [6.07, 6.45) is 0.764. The Kier molecular flexibility index (Phi) is 5.23. The maximum Gasteiger partial charge on any atom is 0.337 e.